The van der Waals surface area contributed by atoms with Crippen molar-refractivity contribution in [1.29, 1.82) is 10.8 Å². The van der Waals surface area contributed by atoms with Gasteiger partial charge in [0.1, 0.15) is 0 Å². The van der Waals surface area contributed by atoms with Crippen LogP contribution in [-0.2, 0) is 4.74 Å². The van der Waals surface area contributed by atoms with Gasteiger partial charge in [0.05, 0.1) is 10.0 Å². The van der Waals surface area contributed by atoms with Crippen molar-refractivity contribution in [3.63, 3.8) is 0 Å². The predicted molar refractivity (Wildman–Crippen MR) is 119 cm³/mol. The van der Waals surface area contributed by atoms with E-state index in [9.17, 15) is 0 Å². The summed E-state index contributed by atoms with van der Waals surface area (Å²) in [6, 6.07) is 9.62. The zero-order valence-electron chi connectivity index (χ0n) is 16.3. The van der Waals surface area contributed by atoms with Crippen LogP contribution in [0.3, 0.4) is 0 Å². The van der Waals surface area contributed by atoms with Gasteiger partial charge in [0, 0.05) is 37.8 Å². The number of likely N-dealkylation sites (tertiary alicyclic amines) is 1. The average Bonchev–Trinajstić information content (AvgIpc) is 3.12. The van der Waals surface area contributed by atoms with Gasteiger partial charge in [0.2, 0.25) is 5.95 Å². The van der Waals surface area contributed by atoms with Gasteiger partial charge >= 0.3 is 0 Å². The molecule has 1 aliphatic heterocycles. The molecule has 8 nitrogen and oxygen atoms in total. The molecule has 3 heterocycles. The van der Waals surface area contributed by atoms with E-state index in [2.05, 4.69) is 15.4 Å². The Morgan fingerprint density at radius 1 is 1.17 bits per heavy atom. The second-order valence-electron chi connectivity index (χ2n) is 7.12. The van der Waals surface area contributed by atoms with E-state index in [-0.39, 0.29) is 18.0 Å². The summed E-state index contributed by atoms with van der Waals surface area (Å²) in [7, 11) is 0. The number of halogens is 2. The lowest BCUT2D eigenvalue weighted by Crippen LogP contribution is -2.43. The Kier molecular flexibility index (Phi) is 5.78. The molecule has 30 heavy (non-hydrogen) atoms. The normalized spacial score (nSPS) is 14.7. The van der Waals surface area contributed by atoms with Gasteiger partial charge < -0.3 is 15.0 Å². The van der Waals surface area contributed by atoms with E-state index in [1.54, 1.807) is 10.6 Å². The smallest absolute Gasteiger partial charge is 0.291 e. The molecule has 0 aliphatic carbocycles. The lowest BCUT2D eigenvalue weighted by molar-refractivity contribution is 0.272. The zero-order valence-corrected chi connectivity index (χ0v) is 17.8. The van der Waals surface area contributed by atoms with E-state index in [4.69, 9.17) is 38.8 Å². The Hall–Kier alpha value is -2.84. The summed E-state index contributed by atoms with van der Waals surface area (Å²) in [5, 5.41) is 24.2. The number of anilines is 1. The van der Waals surface area contributed by atoms with Crippen LogP contribution in [0.1, 0.15) is 19.8 Å². The first kappa shape index (κ1) is 20.4. The second kappa shape index (κ2) is 8.49. The molecule has 1 aromatic carbocycles. The van der Waals surface area contributed by atoms with Crippen LogP contribution in [0.5, 0.6) is 0 Å². The highest BCUT2D eigenvalue weighted by atomic mass is 35.5. The SMILES string of the molecule is CC(=N)OC(=N)N1CCC(Nc2nc3c(-c4ccc(Cl)c(Cl)c4)cccn3n2)CC1. The Bertz CT molecular complexity index is 1110. The molecular weight excluding hydrogens is 425 g/mol. The van der Waals surface area contributed by atoms with Crippen LogP contribution in [0.2, 0.25) is 10.0 Å². The summed E-state index contributed by atoms with van der Waals surface area (Å²) in [5.74, 6) is 0.578. The van der Waals surface area contributed by atoms with Crippen molar-refractivity contribution in [3.05, 3.63) is 46.6 Å². The maximum absolute atomic E-state index is 7.90. The number of benzene rings is 1. The molecule has 0 spiro atoms. The van der Waals surface area contributed by atoms with Crippen LogP contribution in [0.15, 0.2) is 36.5 Å². The molecule has 4 rings (SSSR count). The first-order valence-electron chi connectivity index (χ1n) is 9.54. The second-order valence-corrected chi connectivity index (χ2v) is 7.94. The van der Waals surface area contributed by atoms with E-state index in [1.165, 1.54) is 6.92 Å². The predicted octanol–water partition coefficient (Wildman–Crippen LogP) is 4.53. The third kappa shape index (κ3) is 4.34. The number of fused-ring (bicyclic) bond motifs is 1. The molecule has 0 radical (unpaired) electrons. The molecule has 3 aromatic rings. The summed E-state index contributed by atoms with van der Waals surface area (Å²) in [4.78, 5) is 6.51. The number of piperidine rings is 1. The van der Waals surface area contributed by atoms with E-state index in [0.717, 1.165) is 29.6 Å². The maximum Gasteiger partial charge on any atom is 0.291 e. The van der Waals surface area contributed by atoms with Gasteiger partial charge in [0.25, 0.3) is 6.02 Å². The van der Waals surface area contributed by atoms with Gasteiger partial charge in [-0.15, -0.1) is 5.10 Å². The molecule has 3 N–H and O–H groups in total. The summed E-state index contributed by atoms with van der Waals surface area (Å²) >= 11 is 12.2. The van der Waals surface area contributed by atoms with Crippen LogP contribution in [0.25, 0.3) is 16.8 Å². The topological polar surface area (TPSA) is 102 Å². The standard InChI is InChI=1S/C20H21Cl2N7O/c1-12(23)30-19(24)28-9-6-14(7-10-28)25-20-26-18-15(3-2-8-29(18)27-20)13-4-5-16(21)17(22)11-13/h2-5,8,11,14,23-24H,6-7,9-10H2,1H3,(H,25,27). The minimum absolute atomic E-state index is 0.0203. The maximum atomic E-state index is 7.90. The highest BCUT2D eigenvalue weighted by Crippen LogP contribution is 2.30. The highest BCUT2D eigenvalue weighted by Gasteiger charge is 2.23. The van der Waals surface area contributed by atoms with Gasteiger partial charge in [-0.25, -0.2) is 4.52 Å². The van der Waals surface area contributed by atoms with E-state index < -0.39 is 0 Å². The number of hydrogen-bond acceptors (Lipinski definition) is 6. The van der Waals surface area contributed by atoms with Crippen molar-refractivity contribution in [2.24, 2.45) is 0 Å². The number of pyridine rings is 1. The van der Waals surface area contributed by atoms with Crippen LogP contribution < -0.4 is 5.32 Å². The van der Waals surface area contributed by atoms with Crippen molar-refractivity contribution in [1.82, 2.24) is 19.5 Å². The van der Waals surface area contributed by atoms with Crippen molar-refractivity contribution >= 4 is 46.7 Å². The Balaban J connectivity index is 1.48. The average molecular weight is 446 g/mol. The van der Waals surface area contributed by atoms with Crippen LogP contribution >= 0.6 is 23.2 Å². The van der Waals surface area contributed by atoms with Crippen LogP contribution in [-0.4, -0.2) is 50.5 Å². The molecule has 0 amide bonds. The van der Waals surface area contributed by atoms with Crippen molar-refractivity contribution in [3.8, 4) is 11.1 Å². The number of rotatable bonds is 3. The quantitative estimate of drug-likeness (QED) is 0.405. The van der Waals surface area contributed by atoms with Gasteiger partial charge in [-0.2, -0.15) is 4.98 Å². The molecule has 0 saturated carbocycles. The van der Waals surface area contributed by atoms with Crippen LogP contribution in [0.4, 0.5) is 5.95 Å². The molecule has 0 atom stereocenters. The molecule has 0 bridgehead atoms. The zero-order chi connectivity index (χ0) is 21.3. The number of amidine groups is 1. The Labute approximate surface area is 183 Å². The fourth-order valence-electron chi connectivity index (χ4n) is 3.48. The van der Waals surface area contributed by atoms with E-state index in [0.29, 0.717) is 29.1 Å². The van der Waals surface area contributed by atoms with Crippen molar-refractivity contribution < 1.29 is 4.74 Å². The van der Waals surface area contributed by atoms with Gasteiger partial charge in [-0.3, -0.25) is 10.8 Å². The molecule has 10 heteroatoms. The van der Waals surface area contributed by atoms with E-state index in [1.807, 2.05) is 35.4 Å². The van der Waals surface area contributed by atoms with E-state index >= 15 is 0 Å². The third-order valence-electron chi connectivity index (χ3n) is 4.96. The summed E-state index contributed by atoms with van der Waals surface area (Å²) in [6.45, 7) is 2.86. The number of aromatic nitrogens is 3. The summed E-state index contributed by atoms with van der Waals surface area (Å²) in [5.41, 5.74) is 2.56. The first-order chi connectivity index (χ1) is 14.4. The lowest BCUT2D eigenvalue weighted by Gasteiger charge is -2.32. The minimum Gasteiger partial charge on any atom is -0.412 e. The lowest BCUT2D eigenvalue weighted by atomic mass is 10.1. The molecule has 1 saturated heterocycles. The van der Waals surface area contributed by atoms with Crippen LogP contribution in [0, 0.1) is 10.8 Å². The first-order valence-corrected chi connectivity index (χ1v) is 10.3. The molecule has 1 aliphatic rings. The van der Waals surface area contributed by atoms with Gasteiger partial charge in [-0.1, -0.05) is 29.3 Å². The minimum atomic E-state index is 0.0203. The molecule has 2 aromatic heterocycles. The van der Waals surface area contributed by atoms with Gasteiger partial charge in [-0.05, 0) is 42.7 Å². The Morgan fingerprint density at radius 3 is 2.63 bits per heavy atom. The molecule has 156 valence electrons. The molecular formula is C20H21Cl2N7O. The number of nitrogens with zero attached hydrogens (tertiary/aromatic N) is 4. The van der Waals surface area contributed by atoms with Crippen molar-refractivity contribution in [2.75, 3.05) is 18.4 Å². The number of hydrogen-bond donors (Lipinski definition) is 3. The monoisotopic (exact) mass is 445 g/mol. The molecule has 0 unspecified atom stereocenters. The third-order valence-corrected chi connectivity index (χ3v) is 5.70. The fraction of sp³-hybridized carbons (Fsp3) is 0.300. The Morgan fingerprint density at radius 2 is 1.93 bits per heavy atom. The van der Waals surface area contributed by atoms with Crippen molar-refractivity contribution in [2.45, 2.75) is 25.8 Å². The summed E-state index contributed by atoms with van der Waals surface area (Å²) < 4.78 is 6.82. The highest BCUT2D eigenvalue weighted by molar-refractivity contribution is 6.42. The molecule has 1 fully saturated rings. The fourth-order valence-corrected chi connectivity index (χ4v) is 3.77. The largest absolute Gasteiger partial charge is 0.412 e. The van der Waals surface area contributed by atoms with Gasteiger partial charge in [0.15, 0.2) is 11.5 Å². The number of ether oxygens (including phenoxy) is 1. The summed E-state index contributed by atoms with van der Waals surface area (Å²) in [6.07, 6.45) is 3.49. The number of nitrogens with one attached hydrogen (secondary N) is 3.